The Morgan fingerprint density at radius 3 is 2.22 bits per heavy atom. The summed E-state index contributed by atoms with van der Waals surface area (Å²) in [5, 5.41) is 0. The number of ether oxygens (including phenoxy) is 2. The van der Waals surface area contributed by atoms with Crippen LogP contribution >= 0.6 is 0 Å². The van der Waals surface area contributed by atoms with E-state index >= 15 is 0 Å². The van der Waals surface area contributed by atoms with Crippen molar-refractivity contribution in [3.63, 3.8) is 0 Å². The van der Waals surface area contributed by atoms with Gasteiger partial charge >= 0.3 is 5.97 Å². The SMILES string of the molecule is CCOC(=O)c1cc2c(ccn2-c2ccc(F)cc2)n1CC(=O)N1CCN(c2ccc(OC)cc2)CC1. The average Bonchev–Trinajstić information content (AvgIpc) is 3.50. The van der Waals surface area contributed by atoms with E-state index in [0.717, 1.165) is 28.2 Å². The molecule has 1 fully saturated rings. The number of carbonyl (C=O) groups excluding carboxylic acids is 2. The predicted octanol–water partition coefficient (Wildman–Crippen LogP) is 4.11. The number of nitrogens with zero attached hydrogens (tertiary/aromatic N) is 4. The van der Waals surface area contributed by atoms with Gasteiger partial charge in [0, 0.05) is 43.8 Å². The lowest BCUT2D eigenvalue weighted by molar-refractivity contribution is -0.132. The van der Waals surface area contributed by atoms with E-state index in [-0.39, 0.29) is 24.9 Å². The van der Waals surface area contributed by atoms with Gasteiger partial charge in [-0.05, 0) is 67.6 Å². The molecule has 37 heavy (non-hydrogen) atoms. The van der Waals surface area contributed by atoms with Gasteiger partial charge in [-0.3, -0.25) is 4.79 Å². The summed E-state index contributed by atoms with van der Waals surface area (Å²) in [6.07, 6.45) is 1.85. The fourth-order valence-corrected chi connectivity index (χ4v) is 4.76. The van der Waals surface area contributed by atoms with Gasteiger partial charge in [0.2, 0.25) is 5.91 Å². The third-order valence-corrected chi connectivity index (χ3v) is 6.71. The molecule has 0 radical (unpaired) electrons. The van der Waals surface area contributed by atoms with E-state index in [0.29, 0.717) is 31.9 Å². The molecule has 192 valence electrons. The Morgan fingerprint density at radius 2 is 1.57 bits per heavy atom. The zero-order chi connectivity index (χ0) is 25.9. The Bertz CT molecular complexity index is 1400. The molecule has 0 saturated carbocycles. The van der Waals surface area contributed by atoms with E-state index in [1.54, 1.807) is 36.8 Å². The second kappa shape index (κ2) is 10.4. The molecule has 1 aliphatic rings. The minimum Gasteiger partial charge on any atom is -0.497 e. The van der Waals surface area contributed by atoms with Crippen molar-refractivity contribution in [2.75, 3.05) is 44.8 Å². The molecule has 0 unspecified atom stereocenters. The van der Waals surface area contributed by atoms with Crippen molar-refractivity contribution in [2.24, 2.45) is 0 Å². The number of piperazine rings is 1. The minimum atomic E-state index is -0.485. The number of hydrogen-bond acceptors (Lipinski definition) is 5. The fraction of sp³-hybridized carbons (Fsp3) is 0.286. The van der Waals surface area contributed by atoms with Crippen molar-refractivity contribution < 1.29 is 23.5 Å². The number of amides is 1. The molecule has 0 bridgehead atoms. The van der Waals surface area contributed by atoms with Crippen LogP contribution in [0.15, 0.2) is 66.9 Å². The summed E-state index contributed by atoms with van der Waals surface area (Å²) < 4.78 is 27.5. The highest BCUT2D eigenvalue weighted by Crippen LogP contribution is 2.26. The van der Waals surface area contributed by atoms with Crippen molar-refractivity contribution in [1.29, 1.82) is 0 Å². The molecule has 0 aliphatic carbocycles. The van der Waals surface area contributed by atoms with Crippen LogP contribution in [0.25, 0.3) is 16.7 Å². The molecule has 1 amide bonds. The Kier molecular flexibility index (Phi) is 6.85. The second-order valence-electron chi connectivity index (χ2n) is 8.83. The van der Waals surface area contributed by atoms with Gasteiger partial charge < -0.3 is 28.4 Å². The first kappa shape index (κ1) is 24.4. The summed E-state index contributed by atoms with van der Waals surface area (Å²) in [6, 6.07) is 17.6. The van der Waals surface area contributed by atoms with E-state index in [2.05, 4.69) is 4.90 Å². The van der Waals surface area contributed by atoms with Gasteiger partial charge in [0.25, 0.3) is 0 Å². The largest absolute Gasteiger partial charge is 0.497 e. The van der Waals surface area contributed by atoms with Gasteiger partial charge in [-0.15, -0.1) is 0 Å². The first-order valence-corrected chi connectivity index (χ1v) is 12.3. The number of methoxy groups -OCH3 is 1. The van der Waals surface area contributed by atoms with Crippen LogP contribution in [0.2, 0.25) is 0 Å². The third kappa shape index (κ3) is 4.89. The summed E-state index contributed by atoms with van der Waals surface area (Å²) >= 11 is 0. The molecular weight excluding hydrogens is 475 g/mol. The number of aromatic nitrogens is 2. The number of carbonyl (C=O) groups is 2. The summed E-state index contributed by atoms with van der Waals surface area (Å²) in [5.41, 5.74) is 3.63. The van der Waals surface area contributed by atoms with Gasteiger partial charge in [0.05, 0.1) is 24.8 Å². The maximum absolute atomic E-state index is 13.4. The lowest BCUT2D eigenvalue weighted by Crippen LogP contribution is -2.49. The van der Waals surface area contributed by atoms with Crippen LogP contribution in [0.4, 0.5) is 10.1 Å². The number of esters is 1. The second-order valence-corrected chi connectivity index (χ2v) is 8.83. The maximum atomic E-state index is 13.4. The smallest absolute Gasteiger partial charge is 0.355 e. The third-order valence-electron chi connectivity index (χ3n) is 6.71. The van der Waals surface area contributed by atoms with Crippen LogP contribution in [-0.4, -0.2) is 65.8 Å². The van der Waals surface area contributed by atoms with E-state index in [1.165, 1.54) is 12.1 Å². The van der Waals surface area contributed by atoms with Gasteiger partial charge in [-0.2, -0.15) is 0 Å². The Labute approximate surface area is 214 Å². The van der Waals surface area contributed by atoms with Crippen molar-refractivity contribution in [3.05, 3.63) is 78.4 Å². The highest BCUT2D eigenvalue weighted by molar-refractivity contribution is 5.96. The molecule has 5 rings (SSSR count). The molecule has 0 spiro atoms. The standard InChI is InChI=1S/C28H29FN4O4/c1-3-37-28(35)26-18-25-24(12-13-32(25)22-6-4-20(29)5-7-22)33(26)19-27(34)31-16-14-30(15-17-31)21-8-10-23(36-2)11-9-21/h4-13,18H,3,14-17,19H2,1-2H3. The molecule has 0 atom stereocenters. The van der Waals surface area contributed by atoms with Crippen LogP contribution < -0.4 is 9.64 Å². The first-order valence-electron chi connectivity index (χ1n) is 12.3. The minimum absolute atomic E-state index is 0.0214. The van der Waals surface area contributed by atoms with E-state index in [1.807, 2.05) is 46.0 Å². The van der Waals surface area contributed by atoms with Crippen LogP contribution in [-0.2, 0) is 16.1 Å². The molecule has 8 nitrogen and oxygen atoms in total. The van der Waals surface area contributed by atoms with E-state index in [4.69, 9.17) is 9.47 Å². The summed E-state index contributed by atoms with van der Waals surface area (Å²) in [6.45, 7) is 4.59. The molecular formula is C28H29FN4O4. The maximum Gasteiger partial charge on any atom is 0.355 e. The van der Waals surface area contributed by atoms with E-state index in [9.17, 15) is 14.0 Å². The topological polar surface area (TPSA) is 68.9 Å². The van der Waals surface area contributed by atoms with Crippen molar-refractivity contribution >= 4 is 28.6 Å². The van der Waals surface area contributed by atoms with Crippen LogP contribution in [0.3, 0.4) is 0 Å². The van der Waals surface area contributed by atoms with Gasteiger partial charge in [0.15, 0.2) is 0 Å². The quantitative estimate of drug-likeness (QED) is 0.355. The molecule has 9 heteroatoms. The molecule has 2 aromatic carbocycles. The lowest BCUT2D eigenvalue weighted by atomic mass is 10.2. The Hall–Kier alpha value is -4.27. The highest BCUT2D eigenvalue weighted by Gasteiger charge is 2.25. The fourth-order valence-electron chi connectivity index (χ4n) is 4.76. The number of rotatable bonds is 7. The monoisotopic (exact) mass is 504 g/mol. The number of benzene rings is 2. The Balaban J connectivity index is 1.36. The van der Waals surface area contributed by atoms with Crippen LogP contribution in [0.5, 0.6) is 5.75 Å². The predicted molar refractivity (Wildman–Crippen MR) is 139 cm³/mol. The van der Waals surface area contributed by atoms with Crippen molar-refractivity contribution in [1.82, 2.24) is 14.0 Å². The van der Waals surface area contributed by atoms with E-state index < -0.39 is 5.97 Å². The summed E-state index contributed by atoms with van der Waals surface area (Å²) in [4.78, 5) is 30.2. The zero-order valence-corrected chi connectivity index (χ0v) is 20.9. The van der Waals surface area contributed by atoms with Gasteiger partial charge in [-0.25, -0.2) is 9.18 Å². The average molecular weight is 505 g/mol. The lowest BCUT2D eigenvalue weighted by Gasteiger charge is -2.36. The summed E-state index contributed by atoms with van der Waals surface area (Å²) in [5.74, 6) is -0.0654. The van der Waals surface area contributed by atoms with Crippen molar-refractivity contribution in [3.8, 4) is 11.4 Å². The number of hydrogen-bond donors (Lipinski definition) is 0. The molecule has 1 saturated heterocycles. The molecule has 2 aromatic heterocycles. The number of halogens is 1. The summed E-state index contributed by atoms with van der Waals surface area (Å²) in [7, 11) is 1.64. The van der Waals surface area contributed by atoms with Gasteiger partial charge in [0.1, 0.15) is 23.8 Å². The molecule has 1 aliphatic heterocycles. The normalized spacial score (nSPS) is 13.7. The Morgan fingerprint density at radius 1 is 0.892 bits per heavy atom. The zero-order valence-electron chi connectivity index (χ0n) is 20.9. The molecule has 4 aromatic rings. The van der Waals surface area contributed by atoms with Crippen molar-refractivity contribution in [2.45, 2.75) is 13.5 Å². The van der Waals surface area contributed by atoms with Gasteiger partial charge in [-0.1, -0.05) is 0 Å². The van der Waals surface area contributed by atoms with Crippen LogP contribution in [0, 0.1) is 5.82 Å². The van der Waals surface area contributed by atoms with Crippen LogP contribution in [0.1, 0.15) is 17.4 Å². The highest BCUT2D eigenvalue weighted by atomic mass is 19.1. The number of anilines is 1. The molecule has 0 N–H and O–H groups in total. The number of fused-ring (bicyclic) bond motifs is 1. The molecule has 3 heterocycles. The first-order chi connectivity index (χ1) is 18.0.